The van der Waals surface area contributed by atoms with Gasteiger partial charge in [-0.05, 0) is 90.3 Å². The lowest BCUT2D eigenvalue weighted by atomic mass is 9.64. The van der Waals surface area contributed by atoms with Gasteiger partial charge in [0.05, 0.1) is 0 Å². The molecule has 3 aliphatic rings. The molecular formula is C20H23BrO2. The van der Waals surface area contributed by atoms with Gasteiger partial charge in [0.15, 0.2) is 0 Å². The van der Waals surface area contributed by atoms with Crippen LogP contribution in [0.1, 0.15) is 48.3 Å². The van der Waals surface area contributed by atoms with Crippen molar-refractivity contribution in [1.82, 2.24) is 0 Å². The maximum Gasteiger partial charge on any atom is 0.116 e. The number of allylic oxidation sites excluding steroid dienone is 3. The molecule has 0 saturated heterocycles. The molecule has 3 aliphatic carbocycles. The van der Waals surface area contributed by atoms with Gasteiger partial charge in [0.25, 0.3) is 0 Å². The highest BCUT2D eigenvalue weighted by molar-refractivity contribution is 9.08. The smallest absolute Gasteiger partial charge is 0.116 e. The molecule has 1 unspecified atom stereocenters. The Bertz CT molecular complexity index is 676. The molecule has 0 aliphatic heterocycles. The predicted molar refractivity (Wildman–Crippen MR) is 96.0 cm³/mol. The maximum absolute atomic E-state index is 10.1. The molecule has 3 heteroatoms. The number of hydrogen-bond acceptors (Lipinski definition) is 2. The van der Waals surface area contributed by atoms with Crippen LogP contribution in [-0.4, -0.2) is 10.2 Å². The van der Waals surface area contributed by atoms with Crippen LogP contribution in [0.5, 0.6) is 5.75 Å². The first-order chi connectivity index (χ1) is 11.2. The number of rotatable bonds is 2. The molecule has 1 saturated carbocycles. The number of aliphatic hydroxyl groups excluding tert-OH is 1. The summed E-state index contributed by atoms with van der Waals surface area (Å²) in [5, 5.41) is 20.5. The Labute approximate surface area is 146 Å². The van der Waals surface area contributed by atoms with Gasteiger partial charge in [-0.3, -0.25) is 0 Å². The number of hydrogen-bond donors (Lipinski definition) is 2. The van der Waals surface area contributed by atoms with E-state index in [9.17, 15) is 10.2 Å². The fourth-order valence-corrected chi connectivity index (χ4v) is 5.62. The lowest BCUT2D eigenvalue weighted by Gasteiger charge is -2.40. The van der Waals surface area contributed by atoms with E-state index in [4.69, 9.17) is 0 Å². The second kappa shape index (κ2) is 6.01. The van der Waals surface area contributed by atoms with E-state index < -0.39 is 0 Å². The summed E-state index contributed by atoms with van der Waals surface area (Å²) >= 11 is 3.60. The Morgan fingerprint density at radius 1 is 1.13 bits per heavy atom. The minimum Gasteiger partial charge on any atom is -0.508 e. The van der Waals surface area contributed by atoms with E-state index in [2.05, 4.69) is 22.0 Å². The van der Waals surface area contributed by atoms with Gasteiger partial charge in [-0.25, -0.2) is 0 Å². The Kier molecular flexibility index (Phi) is 4.00. The molecule has 0 bridgehead atoms. The topological polar surface area (TPSA) is 40.5 Å². The van der Waals surface area contributed by atoms with E-state index >= 15 is 0 Å². The van der Waals surface area contributed by atoms with Crippen LogP contribution in [0.2, 0.25) is 0 Å². The monoisotopic (exact) mass is 374 g/mol. The van der Waals surface area contributed by atoms with Crippen molar-refractivity contribution in [3.63, 3.8) is 0 Å². The lowest BCUT2D eigenvalue weighted by molar-refractivity contribution is 0.222. The van der Waals surface area contributed by atoms with Gasteiger partial charge in [-0.15, -0.1) is 0 Å². The molecule has 2 N–H and O–H groups in total. The highest BCUT2D eigenvalue weighted by Crippen LogP contribution is 2.53. The number of phenols is 1. The Morgan fingerprint density at radius 2 is 2.00 bits per heavy atom. The SMILES string of the molecule is OC1=CCC([C@@H]2Cc3c(CBr)cc(O)cc3[C@@H]3CCC[C@@H]32)C=C1. The minimum absolute atomic E-state index is 0.409. The van der Waals surface area contributed by atoms with Crippen LogP contribution in [0.3, 0.4) is 0 Å². The van der Waals surface area contributed by atoms with Crippen molar-refractivity contribution >= 4 is 15.9 Å². The molecule has 4 atom stereocenters. The number of benzene rings is 1. The standard InChI is InChI=1S/C20H23BrO2/c21-11-13-8-15(23)9-20-17-3-1-2-16(17)18(10-19(13)20)12-4-6-14(22)7-5-12/h4,6-9,12,16-18,22-23H,1-3,5,10-11H2/t12?,16-,17+,18-/m0/s1. The van der Waals surface area contributed by atoms with E-state index in [0.29, 0.717) is 29.3 Å². The Hall–Kier alpha value is -1.22. The van der Waals surface area contributed by atoms with Crippen LogP contribution in [-0.2, 0) is 11.8 Å². The molecule has 0 aromatic heterocycles. The number of phenolic OH excluding ortho intramolecular Hbond substituents is 1. The van der Waals surface area contributed by atoms with Crippen molar-refractivity contribution in [2.45, 2.75) is 43.4 Å². The van der Waals surface area contributed by atoms with E-state index in [-0.39, 0.29) is 0 Å². The normalized spacial score (nSPS) is 32.3. The fraction of sp³-hybridized carbons (Fsp3) is 0.500. The van der Waals surface area contributed by atoms with Crippen molar-refractivity contribution in [3.05, 3.63) is 52.8 Å². The average Bonchev–Trinajstić information content (AvgIpc) is 3.04. The van der Waals surface area contributed by atoms with Gasteiger partial charge >= 0.3 is 0 Å². The molecule has 0 heterocycles. The highest BCUT2D eigenvalue weighted by atomic mass is 79.9. The third-order valence-corrected chi connectivity index (χ3v) is 6.73. The van der Waals surface area contributed by atoms with Gasteiger partial charge in [-0.1, -0.05) is 28.4 Å². The summed E-state index contributed by atoms with van der Waals surface area (Å²) in [6.07, 6.45) is 11.9. The fourth-order valence-electron chi connectivity index (χ4n) is 5.12. The largest absolute Gasteiger partial charge is 0.508 e. The van der Waals surface area contributed by atoms with Gasteiger partial charge in [0.2, 0.25) is 0 Å². The molecule has 0 radical (unpaired) electrons. The third kappa shape index (κ3) is 2.63. The van der Waals surface area contributed by atoms with E-state index in [0.717, 1.165) is 24.1 Å². The summed E-state index contributed by atoms with van der Waals surface area (Å²) in [6.45, 7) is 0. The zero-order valence-electron chi connectivity index (χ0n) is 13.2. The van der Waals surface area contributed by atoms with Crippen molar-refractivity contribution in [3.8, 4) is 5.75 Å². The van der Waals surface area contributed by atoms with Gasteiger partial charge in [-0.2, -0.15) is 0 Å². The summed E-state index contributed by atoms with van der Waals surface area (Å²) in [6, 6.07) is 3.94. The summed E-state index contributed by atoms with van der Waals surface area (Å²) in [5.41, 5.74) is 4.10. The number of fused-ring (bicyclic) bond motifs is 3. The second-order valence-corrected chi connectivity index (χ2v) is 7.82. The molecule has 4 rings (SSSR count). The van der Waals surface area contributed by atoms with Crippen LogP contribution >= 0.6 is 15.9 Å². The van der Waals surface area contributed by atoms with Crippen LogP contribution in [0.25, 0.3) is 0 Å². The van der Waals surface area contributed by atoms with Gasteiger partial charge in [0, 0.05) is 5.33 Å². The van der Waals surface area contributed by atoms with Crippen LogP contribution < -0.4 is 0 Å². The zero-order valence-corrected chi connectivity index (χ0v) is 14.8. The zero-order chi connectivity index (χ0) is 16.0. The van der Waals surface area contributed by atoms with Crippen LogP contribution in [0.4, 0.5) is 0 Å². The van der Waals surface area contributed by atoms with Crippen molar-refractivity contribution in [1.29, 1.82) is 0 Å². The second-order valence-electron chi connectivity index (χ2n) is 7.26. The Balaban J connectivity index is 1.73. The molecule has 2 nitrogen and oxygen atoms in total. The minimum atomic E-state index is 0.409. The number of halogens is 1. The quantitative estimate of drug-likeness (QED) is 0.683. The Morgan fingerprint density at radius 3 is 2.74 bits per heavy atom. The van der Waals surface area contributed by atoms with E-state index in [1.165, 1.54) is 36.0 Å². The number of aliphatic hydroxyl groups is 1. The van der Waals surface area contributed by atoms with Crippen LogP contribution in [0, 0.1) is 17.8 Å². The summed E-state index contributed by atoms with van der Waals surface area (Å²) in [5.74, 6) is 3.32. The van der Waals surface area contributed by atoms with Gasteiger partial charge in [0.1, 0.15) is 11.5 Å². The first-order valence-corrected chi connectivity index (χ1v) is 9.77. The van der Waals surface area contributed by atoms with Crippen LogP contribution in [0.15, 0.2) is 36.1 Å². The predicted octanol–water partition coefficient (Wildman–Crippen LogP) is 5.36. The molecule has 0 spiro atoms. The molecular weight excluding hydrogens is 352 g/mol. The molecule has 1 aromatic rings. The summed E-state index contributed by atoms with van der Waals surface area (Å²) in [7, 11) is 0. The number of aromatic hydroxyl groups is 1. The molecule has 23 heavy (non-hydrogen) atoms. The van der Waals surface area contributed by atoms with Crippen molar-refractivity contribution < 1.29 is 10.2 Å². The average molecular weight is 375 g/mol. The lowest BCUT2D eigenvalue weighted by Crippen LogP contribution is -2.32. The molecule has 0 amide bonds. The maximum atomic E-state index is 10.1. The van der Waals surface area contributed by atoms with E-state index in [1.54, 1.807) is 0 Å². The first kappa shape index (κ1) is 15.3. The number of alkyl halides is 1. The molecule has 122 valence electrons. The molecule has 1 aromatic carbocycles. The van der Waals surface area contributed by atoms with E-state index in [1.807, 2.05) is 24.3 Å². The highest BCUT2D eigenvalue weighted by Gasteiger charge is 2.42. The first-order valence-electron chi connectivity index (χ1n) is 8.65. The van der Waals surface area contributed by atoms with Gasteiger partial charge < -0.3 is 10.2 Å². The van der Waals surface area contributed by atoms with Crippen molar-refractivity contribution in [2.75, 3.05) is 0 Å². The van der Waals surface area contributed by atoms with Crippen molar-refractivity contribution in [2.24, 2.45) is 17.8 Å². The third-order valence-electron chi connectivity index (χ3n) is 6.13. The molecule has 1 fully saturated rings. The summed E-state index contributed by atoms with van der Waals surface area (Å²) in [4.78, 5) is 0. The summed E-state index contributed by atoms with van der Waals surface area (Å²) < 4.78 is 0.